The number of para-hydroxylation sites is 2. The predicted molar refractivity (Wildman–Crippen MR) is 101 cm³/mol. The van der Waals surface area contributed by atoms with E-state index < -0.39 is 0 Å². The molecule has 0 aliphatic heterocycles. The summed E-state index contributed by atoms with van der Waals surface area (Å²) in [6.45, 7) is 1.93. The van der Waals surface area contributed by atoms with Crippen LogP contribution in [-0.2, 0) is 0 Å². The van der Waals surface area contributed by atoms with Crippen LogP contribution in [0.5, 0.6) is 11.5 Å². The molecule has 128 valence electrons. The number of ether oxygens (including phenoxy) is 2. The van der Waals surface area contributed by atoms with Gasteiger partial charge in [-0.25, -0.2) is 4.98 Å². The van der Waals surface area contributed by atoms with Crippen molar-refractivity contribution in [3.05, 3.63) is 59.7 Å². The third kappa shape index (κ3) is 2.35. The molecule has 2 aromatic carbocycles. The van der Waals surface area contributed by atoms with E-state index in [4.69, 9.17) is 14.5 Å². The number of fused-ring (bicyclic) bond motifs is 3. The van der Waals surface area contributed by atoms with Crippen LogP contribution in [0.1, 0.15) is 11.1 Å². The Bertz CT molecular complexity index is 1160. The van der Waals surface area contributed by atoms with Crippen LogP contribution in [-0.4, -0.2) is 23.6 Å². The van der Waals surface area contributed by atoms with Gasteiger partial charge in [0.25, 0.3) is 0 Å². The number of benzene rings is 2. The molecule has 5 heteroatoms. The number of rotatable bonds is 3. The maximum Gasteiger partial charge on any atom is 0.156 e. The van der Waals surface area contributed by atoms with Crippen LogP contribution >= 0.6 is 0 Å². The summed E-state index contributed by atoms with van der Waals surface area (Å²) in [5.74, 6) is 1.41. The lowest BCUT2D eigenvalue weighted by atomic mass is 10.0. The summed E-state index contributed by atoms with van der Waals surface area (Å²) >= 11 is 0. The molecule has 0 unspecified atom stereocenters. The van der Waals surface area contributed by atoms with E-state index in [0.717, 1.165) is 27.9 Å². The number of pyridine rings is 1. The zero-order valence-corrected chi connectivity index (χ0v) is 14.8. The topological polar surface area (TPSA) is 59.5 Å². The molecule has 26 heavy (non-hydrogen) atoms. The van der Waals surface area contributed by atoms with Gasteiger partial charge in [0.2, 0.25) is 0 Å². The average molecular weight is 343 g/mol. The SMILES string of the molecule is COc1cc(OC)cc(-c2cc(C)c(C#N)c3nc4ccccc4n23)c1. The first-order chi connectivity index (χ1) is 12.7. The number of nitrogens with zero attached hydrogens (tertiary/aromatic N) is 3. The normalized spacial score (nSPS) is 10.8. The van der Waals surface area contributed by atoms with Gasteiger partial charge in [0.15, 0.2) is 5.65 Å². The van der Waals surface area contributed by atoms with E-state index in [2.05, 4.69) is 6.07 Å². The van der Waals surface area contributed by atoms with Crippen LogP contribution in [0.3, 0.4) is 0 Å². The average Bonchev–Trinajstić information content (AvgIpc) is 3.06. The van der Waals surface area contributed by atoms with Crippen molar-refractivity contribution in [1.29, 1.82) is 5.26 Å². The van der Waals surface area contributed by atoms with E-state index in [1.165, 1.54) is 0 Å². The Kier molecular flexibility index (Phi) is 3.74. The first kappa shape index (κ1) is 16.0. The molecule has 0 atom stereocenters. The number of hydrogen-bond donors (Lipinski definition) is 0. The minimum absolute atomic E-state index is 0.583. The van der Waals surface area contributed by atoms with Gasteiger partial charge < -0.3 is 9.47 Å². The fourth-order valence-electron chi connectivity index (χ4n) is 3.26. The minimum atomic E-state index is 0.583. The lowest BCUT2D eigenvalue weighted by Gasteiger charge is -2.13. The molecule has 4 aromatic rings. The molecular weight excluding hydrogens is 326 g/mol. The molecule has 0 saturated carbocycles. The number of aryl methyl sites for hydroxylation is 1. The van der Waals surface area contributed by atoms with Crippen molar-refractivity contribution in [3.8, 4) is 28.8 Å². The Morgan fingerprint density at radius 2 is 1.69 bits per heavy atom. The van der Waals surface area contributed by atoms with E-state index in [9.17, 15) is 5.26 Å². The molecule has 0 spiro atoms. The molecular formula is C21H17N3O2. The third-order valence-corrected chi connectivity index (χ3v) is 4.53. The highest BCUT2D eigenvalue weighted by molar-refractivity contribution is 5.86. The Hall–Kier alpha value is -3.52. The Balaban J connectivity index is 2.16. The molecule has 2 aromatic heterocycles. The summed E-state index contributed by atoms with van der Waals surface area (Å²) in [7, 11) is 3.26. The highest BCUT2D eigenvalue weighted by atomic mass is 16.5. The standard InChI is InChI=1S/C21H17N3O2/c1-13-8-20(14-9-15(25-2)11-16(10-14)26-3)24-19-7-5-4-6-18(19)23-21(24)17(13)12-22/h4-11H,1-3H3. The highest BCUT2D eigenvalue weighted by Crippen LogP contribution is 2.34. The molecule has 0 saturated heterocycles. The molecule has 0 aliphatic rings. The summed E-state index contributed by atoms with van der Waals surface area (Å²) in [5.41, 5.74) is 5.79. The molecule has 2 heterocycles. The van der Waals surface area contributed by atoms with Crippen LogP contribution in [0.2, 0.25) is 0 Å². The maximum absolute atomic E-state index is 9.62. The van der Waals surface area contributed by atoms with Crippen LogP contribution in [0.25, 0.3) is 27.9 Å². The quantitative estimate of drug-likeness (QED) is 0.555. The molecule has 5 nitrogen and oxygen atoms in total. The third-order valence-electron chi connectivity index (χ3n) is 4.53. The second-order valence-electron chi connectivity index (χ2n) is 6.06. The molecule has 0 aliphatic carbocycles. The number of aromatic nitrogens is 2. The van der Waals surface area contributed by atoms with Gasteiger partial charge >= 0.3 is 0 Å². The van der Waals surface area contributed by atoms with E-state index in [-0.39, 0.29) is 0 Å². The summed E-state index contributed by atoms with van der Waals surface area (Å²) in [4.78, 5) is 4.70. The number of methoxy groups -OCH3 is 2. The highest BCUT2D eigenvalue weighted by Gasteiger charge is 2.17. The Labute approximate surface area is 151 Å². The molecule has 0 radical (unpaired) electrons. The molecule has 0 bridgehead atoms. The lowest BCUT2D eigenvalue weighted by Crippen LogP contribution is -1.99. The first-order valence-electron chi connectivity index (χ1n) is 8.20. The summed E-state index contributed by atoms with van der Waals surface area (Å²) in [6.07, 6.45) is 0. The van der Waals surface area contributed by atoms with Crippen molar-refractivity contribution < 1.29 is 9.47 Å². The number of nitriles is 1. The van der Waals surface area contributed by atoms with Crippen LogP contribution in [0.4, 0.5) is 0 Å². The number of imidazole rings is 1. The van der Waals surface area contributed by atoms with E-state index in [1.54, 1.807) is 14.2 Å². The Morgan fingerprint density at radius 1 is 1.00 bits per heavy atom. The van der Waals surface area contributed by atoms with E-state index in [1.807, 2.05) is 59.9 Å². The van der Waals surface area contributed by atoms with Gasteiger partial charge in [0.05, 0.1) is 36.5 Å². The summed E-state index contributed by atoms with van der Waals surface area (Å²) in [6, 6.07) is 17.9. The maximum atomic E-state index is 9.62. The zero-order chi connectivity index (χ0) is 18.3. The fourth-order valence-corrected chi connectivity index (χ4v) is 3.26. The van der Waals surface area contributed by atoms with Crippen molar-refractivity contribution in [2.75, 3.05) is 14.2 Å². The van der Waals surface area contributed by atoms with Crippen molar-refractivity contribution in [1.82, 2.24) is 9.38 Å². The largest absolute Gasteiger partial charge is 0.497 e. The van der Waals surface area contributed by atoms with Crippen molar-refractivity contribution in [2.45, 2.75) is 6.92 Å². The number of hydrogen-bond acceptors (Lipinski definition) is 4. The van der Waals surface area contributed by atoms with Crippen molar-refractivity contribution in [3.63, 3.8) is 0 Å². The molecule has 0 amide bonds. The summed E-state index contributed by atoms with van der Waals surface area (Å²) in [5, 5.41) is 9.62. The van der Waals surface area contributed by atoms with Crippen molar-refractivity contribution in [2.24, 2.45) is 0 Å². The van der Waals surface area contributed by atoms with Gasteiger partial charge in [0, 0.05) is 11.6 Å². The second-order valence-corrected chi connectivity index (χ2v) is 6.06. The Morgan fingerprint density at radius 3 is 2.35 bits per heavy atom. The van der Waals surface area contributed by atoms with E-state index in [0.29, 0.717) is 22.7 Å². The van der Waals surface area contributed by atoms with Gasteiger partial charge in [-0.2, -0.15) is 5.26 Å². The van der Waals surface area contributed by atoms with Gasteiger partial charge in [-0.1, -0.05) is 12.1 Å². The van der Waals surface area contributed by atoms with Crippen molar-refractivity contribution >= 4 is 16.7 Å². The molecule has 4 rings (SSSR count). The minimum Gasteiger partial charge on any atom is -0.497 e. The van der Waals surface area contributed by atoms with Crippen LogP contribution < -0.4 is 9.47 Å². The predicted octanol–water partition coefficient (Wildman–Crippen LogP) is 4.35. The van der Waals surface area contributed by atoms with Gasteiger partial charge in [-0.3, -0.25) is 4.40 Å². The zero-order valence-electron chi connectivity index (χ0n) is 14.8. The van der Waals surface area contributed by atoms with Crippen LogP contribution in [0.15, 0.2) is 48.5 Å². The summed E-state index contributed by atoms with van der Waals surface area (Å²) < 4.78 is 12.9. The lowest BCUT2D eigenvalue weighted by molar-refractivity contribution is 0.394. The monoisotopic (exact) mass is 343 g/mol. The fraction of sp³-hybridized carbons (Fsp3) is 0.143. The van der Waals surface area contributed by atoms with Gasteiger partial charge in [-0.15, -0.1) is 0 Å². The second kappa shape index (κ2) is 6.08. The van der Waals surface area contributed by atoms with E-state index >= 15 is 0 Å². The van der Waals surface area contributed by atoms with Crippen LogP contribution in [0, 0.1) is 18.3 Å². The van der Waals surface area contributed by atoms with Gasteiger partial charge in [-0.05, 0) is 42.8 Å². The molecule has 0 N–H and O–H groups in total. The smallest absolute Gasteiger partial charge is 0.156 e. The van der Waals surface area contributed by atoms with Gasteiger partial charge in [0.1, 0.15) is 17.6 Å². The first-order valence-corrected chi connectivity index (χ1v) is 8.20. The molecule has 0 fully saturated rings.